The van der Waals surface area contributed by atoms with Crippen LogP contribution in [0.5, 0.6) is 0 Å². The van der Waals surface area contributed by atoms with Crippen molar-refractivity contribution in [3.05, 3.63) is 186 Å². The molecule has 3 aromatic carbocycles. The molecule has 0 unspecified atom stereocenters. The summed E-state index contributed by atoms with van der Waals surface area (Å²) in [5, 5.41) is 43.5. The molecule has 30 heteroatoms. The quantitative estimate of drug-likeness (QED) is 0.0207. The number of hydroxylamine groups is 1. The number of carbonyl (C=O) groups excluding carboxylic acids is 3. The van der Waals surface area contributed by atoms with E-state index in [9.17, 15) is 29.1 Å². The van der Waals surface area contributed by atoms with Crippen molar-refractivity contribution in [2.45, 2.75) is 105 Å². The Labute approximate surface area is 610 Å². The number of benzene rings is 3. The van der Waals surface area contributed by atoms with Gasteiger partial charge in [0.15, 0.2) is 0 Å². The number of hydrogen-bond donors (Lipinski definition) is 7. The number of rotatable bonds is 13. The number of nitrogens with one attached hydrogen (secondary N) is 3. The van der Waals surface area contributed by atoms with Gasteiger partial charge in [-0.1, -0.05) is 25.6 Å². The number of esters is 1. The maximum Gasteiger partial charge on any atom is 1.00 e. The summed E-state index contributed by atoms with van der Waals surface area (Å²) in [5.41, 5.74) is 19.5. The largest absolute Gasteiger partial charge is 1.00 e. The third kappa shape index (κ3) is 16.8. The fourth-order valence-corrected chi connectivity index (χ4v) is 11.1. The van der Waals surface area contributed by atoms with Gasteiger partial charge >= 0.3 is 47.6 Å². The molecule has 8 heterocycles. The number of anilines is 4. The normalized spacial score (nSPS) is 13.7. The van der Waals surface area contributed by atoms with Gasteiger partial charge in [-0.15, -0.1) is 0 Å². The van der Waals surface area contributed by atoms with E-state index < -0.39 is 11.4 Å². The molecule has 28 nitrogen and oxygen atoms in total. The average Bonchev–Trinajstić information content (AvgIpc) is 1.08. The summed E-state index contributed by atoms with van der Waals surface area (Å²) in [6.07, 6.45) is 10.2. The summed E-state index contributed by atoms with van der Waals surface area (Å²) in [6.45, 7) is 13.3. The summed E-state index contributed by atoms with van der Waals surface area (Å²) in [4.78, 5) is 103. The third-order valence-corrected chi connectivity index (χ3v) is 17.9. The number of carboxylic acid groups (broad SMARTS) is 1. The van der Waals surface area contributed by atoms with Gasteiger partial charge in [-0.2, -0.15) is 19.6 Å². The number of guanidine groups is 1. The Morgan fingerprint density at radius 3 is 1.34 bits per heavy atom. The van der Waals surface area contributed by atoms with Crippen molar-refractivity contribution in [1.82, 2.24) is 54.4 Å². The minimum Gasteiger partial charge on any atom is -1.00 e. The molecule has 3 aliphatic rings. The number of aryl methyl sites for hydroxylation is 9. The summed E-state index contributed by atoms with van der Waals surface area (Å²) < 4.78 is 20.5. The zero-order valence-electron chi connectivity index (χ0n) is 58.8. The Morgan fingerprint density at radius 1 is 0.618 bits per heavy atom. The molecule has 0 spiro atoms. The number of nitrogens with zero attached hydrogens (tertiary/aromatic N) is 11. The van der Waals surface area contributed by atoms with Crippen molar-refractivity contribution in [3.63, 3.8) is 0 Å². The molecule has 8 N–H and O–H groups in total. The second kappa shape index (κ2) is 32.2. The van der Waals surface area contributed by atoms with Crippen LogP contribution < -0.4 is 68.1 Å². The predicted octanol–water partition coefficient (Wildman–Crippen LogP) is 6.72. The number of nitrogens with two attached hydrogens (primary N) is 1. The number of pyridine rings is 6. The zero-order chi connectivity index (χ0) is 71.4. The van der Waals surface area contributed by atoms with Crippen LogP contribution in [0.3, 0.4) is 0 Å². The summed E-state index contributed by atoms with van der Waals surface area (Å²) in [7, 11) is 6.64. The van der Waals surface area contributed by atoms with Crippen molar-refractivity contribution in [2.24, 2.45) is 37.3 Å². The first-order valence-electron chi connectivity index (χ1n) is 31.3. The van der Waals surface area contributed by atoms with Crippen LogP contribution in [0.25, 0.3) is 66.1 Å². The molecule has 0 amide bonds. The Kier molecular flexibility index (Phi) is 24.8. The zero-order valence-corrected chi connectivity index (χ0v) is 59.8. The molecule has 0 atom stereocenters. The van der Waals surface area contributed by atoms with Gasteiger partial charge in [0.05, 0.1) is 46.8 Å². The fourth-order valence-electron chi connectivity index (χ4n) is 11.1. The molecule has 3 fully saturated rings. The molecule has 3 saturated carbocycles. The van der Waals surface area contributed by atoms with Crippen LogP contribution in [-0.4, -0.2) is 111 Å². The predicted molar refractivity (Wildman–Crippen MR) is 382 cm³/mol. The van der Waals surface area contributed by atoms with Crippen LogP contribution >= 0.6 is 0 Å². The second-order valence-electron chi connectivity index (χ2n) is 25.1. The smallest absolute Gasteiger partial charge is 1.00 e. The Hall–Kier alpha value is -10.8. The maximum atomic E-state index is 13.2. The molecule has 3 radical (unpaired) electrons. The van der Waals surface area contributed by atoms with Gasteiger partial charge in [-0.3, -0.25) is 44.1 Å². The first-order valence-corrected chi connectivity index (χ1v) is 31.3. The molecule has 3 aliphatic carbocycles. The van der Waals surface area contributed by atoms with Gasteiger partial charge in [-0.25, -0.2) is 10.5 Å². The van der Waals surface area contributed by atoms with Gasteiger partial charge in [0.1, 0.15) is 5.41 Å². The number of carboxylic acids is 1. The Bertz CT molecular complexity index is 5250. The number of fused-ring (bicyclic) bond motifs is 3. The maximum absolute atomic E-state index is 13.2. The van der Waals surface area contributed by atoms with E-state index in [4.69, 9.17) is 39.4 Å². The van der Waals surface area contributed by atoms with E-state index in [1.165, 1.54) is 7.11 Å². The van der Waals surface area contributed by atoms with Crippen LogP contribution in [0, 0.1) is 47.0 Å². The number of aliphatic hydroxyl groups excluding tert-OH is 1. The van der Waals surface area contributed by atoms with Gasteiger partial charge in [-0.05, 0) is 203 Å². The van der Waals surface area contributed by atoms with Crippen LogP contribution in [0.15, 0.2) is 138 Å². The van der Waals surface area contributed by atoms with Gasteiger partial charge < -0.3 is 55.5 Å². The van der Waals surface area contributed by atoms with E-state index in [1.54, 1.807) is 78.0 Å². The molecule has 0 saturated heterocycles. The molecule has 0 bridgehead atoms. The van der Waals surface area contributed by atoms with Gasteiger partial charge in [0.25, 0.3) is 28.6 Å². The number of aliphatic hydroxyl groups is 1. The Morgan fingerprint density at radius 2 is 1.00 bits per heavy atom. The average molecular weight is 1400 g/mol. The molecule has 102 heavy (non-hydrogen) atoms. The van der Waals surface area contributed by atoms with Crippen LogP contribution in [-0.2, 0) is 55.9 Å². The van der Waals surface area contributed by atoms with Crippen LogP contribution in [0.1, 0.15) is 99.9 Å². The van der Waals surface area contributed by atoms with Crippen molar-refractivity contribution in [1.29, 1.82) is 0 Å². The molecule has 14 rings (SSSR count). The molecular formula is C72H78BN15NaO13. The summed E-state index contributed by atoms with van der Waals surface area (Å²) in [5.74, 6) is 0.128. The van der Waals surface area contributed by atoms with E-state index in [2.05, 4.69) is 50.9 Å². The fraction of sp³-hybridized carbons (Fsp3) is 0.306. The monoisotopic (exact) mass is 1390 g/mol. The standard InChI is InChI=1S/C24H23N5O4.C23H23N5O3.C18H19N5O2.C5H8O2.CO2.CH4.B.Na.H/c1-13-5-6-16(26-23-27-21(33-28-23)24(7-8-24)22(31)32-4)11-17(13)18-10-15-12-25-14(2)9-19(15)29(3)20(18)30;1-13-4-5-16(25-22-26-21(31-27-22)23(12-29)6-7-23)10-17(13)18-9-15-11-24-14(2)8-19(15)28(3)20(18)30;1-10-4-5-13(21-18(19)22-25)8-14(10)15-7-12-9-20-11(2)6-16(12)23(3)17(15)24;1-5(2-3-5)4(6)7;2-1-3;;;;/h5-6,9-12H,7-8H2,1-4H3,(H,26,28);4-5,8-11,29H,6-7,12H2,1-3H3,(H,25,27);4-9,25H,1-3H3,(H3,19,21,22);2-3H2,1H3,(H,6,7);;1H4;;;/q;;;;;;;+1;-1. The molecule has 523 valence electrons. The topological polar surface area (TPSA) is 395 Å². The van der Waals surface area contributed by atoms with E-state index in [-0.39, 0.29) is 111 Å². The molecular weight excluding hydrogens is 1320 g/mol. The van der Waals surface area contributed by atoms with Crippen molar-refractivity contribution in [3.8, 4) is 33.4 Å². The van der Waals surface area contributed by atoms with Crippen molar-refractivity contribution >= 4 is 94.1 Å². The number of ether oxygens (including phenoxy) is 1. The number of methoxy groups -OCH3 is 1. The summed E-state index contributed by atoms with van der Waals surface area (Å²) in [6, 6.07) is 28.1. The first-order chi connectivity index (χ1) is 47.2. The minimum absolute atomic E-state index is 0. The number of carbonyl (C=O) groups is 2. The van der Waals surface area contributed by atoms with Gasteiger partial charge in [0, 0.05) is 109 Å². The molecule has 8 aromatic heterocycles. The van der Waals surface area contributed by atoms with Crippen LogP contribution in [0.4, 0.5) is 29.0 Å². The van der Waals surface area contributed by atoms with E-state index in [0.717, 1.165) is 115 Å². The van der Waals surface area contributed by atoms with Crippen LogP contribution in [0.2, 0.25) is 0 Å². The number of hydrogen-bond acceptors (Lipinski definition) is 22. The minimum atomic E-state index is -0.830. The third-order valence-electron chi connectivity index (χ3n) is 17.9. The first kappa shape index (κ1) is 78.5. The summed E-state index contributed by atoms with van der Waals surface area (Å²) >= 11 is 0. The van der Waals surface area contributed by atoms with E-state index in [1.807, 2.05) is 120 Å². The number of aromatic nitrogens is 10. The Balaban J connectivity index is 0.000000224. The molecule has 0 aliphatic heterocycles. The number of aliphatic imine (C=N–C) groups is 1. The van der Waals surface area contributed by atoms with Gasteiger partial charge in [0.2, 0.25) is 17.7 Å². The van der Waals surface area contributed by atoms with Crippen molar-refractivity contribution in [2.75, 3.05) is 24.4 Å². The molecule has 11 aromatic rings. The number of aliphatic carboxylic acids is 1. The van der Waals surface area contributed by atoms with E-state index in [0.29, 0.717) is 52.7 Å². The van der Waals surface area contributed by atoms with E-state index >= 15 is 0 Å². The SMILES string of the molecule is C.CC1(C(=O)O)CC1.COC(=O)C1(c2nc(Nc3ccc(C)c(-c4cc5cnc(C)cc5n(C)c4=O)c3)no2)CC1.Cc1cc2c(cn1)cc(-c1cc(N=C(N)NO)ccc1C)c(=O)n2C.Cc1cc2c(cn1)cc(-c1cc(Nc3noc(C4(CO)CC4)n3)ccc1C)c(=O)n2C.O=C=O.[B].[H-].[Na+]. The van der Waals surface area contributed by atoms with Crippen molar-refractivity contribution < 1.29 is 79.4 Å². The second-order valence-corrected chi connectivity index (χ2v) is 25.1.